The number of nitrogens with one attached hydrogen (secondary N) is 1. The molecule has 0 spiro atoms. The third-order valence-corrected chi connectivity index (χ3v) is 5.02. The van der Waals surface area contributed by atoms with Gasteiger partial charge >= 0.3 is 0 Å². The summed E-state index contributed by atoms with van der Waals surface area (Å²) in [6.45, 7) is 11.4. The molecule has 1 aromatic carbocycles. The molecule has 1 aromatic rings. The van der Waals surface area contributed by atoms with Crippen molar-refractivity contribution < 1.29 is 0 Å². The van der Waals surface area contributed by atoms with E-state index in [1.54, 1.807) is 0 Å². The van der Waals surface area contributed by atoms with E-state index in [1.807, 2.05) is 0 Å². The Labute approximate surface area is 124 Å². The Balaban J connectivity index is 2.37. The monoisotopic (exact) mass is 274 g/mol. The van der Waals surface area contributed by atoms with Crippen molar-refractivity contribution in [1.29, 1.82) is 0 Å². The Morgan fingerprint density at radius 3 is 2.55 bits per heavy atom. The molecule has 20 heavy (non-hydrogen) atoms. The molecule has 1 atom stereocenters. The van der Waals surface area contributed by atoms with Gasteiger partial charge in [0.1, 0.15) is 0 Å². The van der Waals surface area contributed by atoms with Gasteiger partial charge in [-0.3, -0.25) is 0 Å². The van der Waals surface area contributed by atoms with Crippen LogP contribution in [0.3, 0.4) is 0 Å². The summed E-state index contributed by atoms with van der Waals surface area (Å²) in [5.41, 5.74) is 3.13. The smallest absolute Gasteiger partial charge is 0.0414 e. The number of benzene rings is 1. The standard InChI is InChI=1S/C18H30N2/c1-5-10-15(4)20-14-18(6-2,7-3)19-13-16-11-8-9-12-17(16)20/h8-9,11-12,15,19H,5-7,10,13-14H2,1-4H3. The molecule has 1 aliphatic heterocycles. The highest BCUT2D eigenvalue weighted by atomic mass is 15.2. The van der Waals surface area contributed by atoms with Crippen LogP contribution in [0.25, 0.3) is 0 Å². The van der Waals surface area contributed by atoms with Crippen LogP contribution in [0.4, 0.5) is 5.69 Å². The predicted molar refractivity (Wildman–Crippen MR) is 88.3 cm³/mol. The molecule has 0 radical (unpaired) electrons. The molecule has 0 amide bonds. The van der Waals surface area contributed by atoms with Crippen molar-refractivity contribution in [2.24, 2.45) is 0 Å². The van der Waals surface area contributed by atoms with Gasteiger partial charge in [-0.2, -0.15) is 0 Å². The molecule has 112 valence electrons. The average Bonchev–Trinajstić information content (AvgIpc) is 2.65. The summed E-state index contributed by atoms with van der Waals surface area (Å²) in [6.07, 6.45) is 4.88. The van der Waals surface area contributed by atoms with Crippen molar-refractivity contribution >= 4 is 5.69 Å². The number of fused-ring (bicyclic) bond motifs is 1. The Kier molecular flexibility index (Phi) is 5.09. The van der Waals surface area contributed by atoms with Crippen molar-refractivity contribution in [3.05, 3.63) is 29.8 Å². The van der Waals surface area contributed by atoms with Crippen LogP contribution in [0, 0.1) is 0 Å². The average molecular weight is 274 g/mol. The maximum absolute atomic E-state index is 3.84. The molecular weight excluding hydrogens is 244 g/mol. The van der Waals surface area contributed by atoms with Gasteiger partial charge in [0.05, 0.1) is 0 Å². The van der Waals surface area contributed by atoms with E-state index in [-0.39, 0.29) is 5.54 Å². The Bertz CT molecular complexity index is 423. The summed E-state index contributed by atoms with van der Waals surface area (Å²) in [6, 6.07) is 9.52. The lowest BCUT2D eigenvalue weighted by Crippen LogP contribution is -2.52. The zero-order valence-corrected chi connectivity index (χ0v) is 13.6. The minimum absolute atomic E-state index is 0.251. The Hall–Kier alpha value is -1.02. The molecule has 0 saturated heterocycles. The van der Waals surface area contributed by atoms with E-state index in [0.29, 0.717) is 6.04 Å². The van der Waals surface area contributed by atoms with E-state index in [9.17, 15) is 0 Å². The van der Waals surface area contributed by atoms with Crippen molar-refractivity contribution in [3.8, 4) is 0 Å². The highest BCUT2D eigenvalue weighted by molar-refractivity contribution is 5.55. The van der Waals surface area contributed by atoms with Crippen LogP contribution < -0.4 is 10.2 Å². The molecule has 0 fully saturated rings. The maximum atomic E-state index is 3.84. The lowest BCUT2D eigenvalue weighted by atomic mass is 9.91. The third kappa shape index (κ3) is 3.01. The van der Waals surface area contributed by atoms with E-state index in [4.69, 9.17) is 0 Å². The molecule has 0 bridgehead atoms. The fourth-order valence-corrected chi connectivity index (χ4v) is 3.38. The van der Waals surface area contributed by atoms with Crippen LogP contribution in [0.15, 0.2) is 24.3 Å². The number of anilines is 1. The highest BCUT2D eigenvalue weighted by Crippen LogP contribution is 2.31. The van der Waals surface area contributed by atoms with Crippen molar-refractivity contribution in [2.45, 2.75) is 71.5 Å². The van der Waals surface area contributed by atoms with Crippen molar-refractivity contribution in [2.75, 3.05) is 11.4 Å². The lowest BCUT2D eigenvalue weighted by molar-refractivity contribution is 0.300. The summed E-state index contributed by atoms with van der Waals surface area (Å²) in [4.78, 5) is 2.64. The summed E-state index contributed by atoms with van der Waals surface area (Å²) >= 11 is 0. The van der Waals surface area contributed by atoms with E-state index in [1.165, 1.54) is 36.9 Å². The molecule has 2 heteroatoms. The second-order valence-electron chi connectivity index (χ2n) is 6.24. The molecule has 0 saturated carbocycles. The topological polar surface area (TPSA) is 15.3 Å². The number of hydrogen-bond acceptors (Lipinski definition) is 2. The largest absolute Gasteiger partial charge is 0.367 e. The number of rotatable bonds is 5. The van der Waals surface area contributed by atoms with E-state index in [0.717, 1.165) is 13.1 Å². The zero-order chi connectivity index (χ0) is 14.6. The minimum Gasteiger partial charge on any atom is -0.367 e. The summed E-state index contributed by atoms with van der Waals surface area (Å²) < 4.78 is 0. The van der Waals surface area contributed by atoms with Gasteiger partial charge in [-0.1, -0.05) is 45.4 Å². The normalized spacial score (nSPS) is 19.3. The van der Waals surface area contributed by atoms with Crippen LogP contribution >= 0.6 is 0 Å². The van der Waals surface area contributed by atoms with Gasteiger partial charge in [-0.15, -0.1) is 0 Å². The molecule has 1 unspecified atom stereocenters. The van der Waals surface area contributed by atoms with Gasteiger partial charge in [0.2, 0.25) is 0 Å². The first-order valence-corrected chi connectivity index (χ1v) is 8.25. The molecule has 2 nitrogen and oxygen atoms in total. The summed E-state index contributed by atoms with van der Waals surface area (Å²) in [5, 5.41) is 3.84. The quantitative estimate of drug-likeness (QED) is 0.859. The summed E-state index contributed by atoms with van der Waals surface area (Å²) in [5.74, 6) is 0. The van der Waals surface area contributed by atoms with Gasteiger partial charge in [-0.25, -0.2) is 0 Å². The minimum atomic E-state index is 0.251. The van der Waals surface area contributed by atoms with E-state index >= 15 is 0 Å². The highest BCUT2D eigenvalue weighted by Gasteiger charge is 2.33. The first-order chi connectivity index (χ1) is 9.65. The predicted octanol–water partition coefficient (Wildman–Crippen LogP) is 4.34. The summed E-state index contributed by atoms with van der Waals surface area (Å²) in [7, 11) is 0. The van der Waals surface area contributed by atoms with Gasteiger partial charge in [-0.05, 0) is 37.8 Å². The maximum Gasteiger partial charge on any atom is 0.0414 e. The van der Waals surface area contributed by atoms with E-state index < -0.39 is 0 Å². The lowest BCUT2D eigenvalue weighted by Gasteiger charge is -2.39. The molecule has 1 heterocycles. The molecular formula is C18H30N2. The van der Waals surface area contributed by atoms with Gasteiger partial charge in [0.25, 0.3) is 0 Å². The molecule has 0 aromatic heterocycles. The number of hydrogen-bond donors (Lipinski definition) is 1. The van der Waals surface area contributed by atoms with Crippen LogP contribution in [0.5, 0.6) is 0 Å². The second-order valence-corrected chi connectivity index (χ2v) is 6.24. The second kappa shape index (κ2) is 6.62. The fraction of sp³-hybridized carbons (Fsp3) is 0.667. The first kappa shape index (κ1) is 15.4. The number of nitrogens with zero attached hydrogens (tertiary/aromatic N) is 1. The van der Waals surface area contributed by atoms with Crippen LogP contribution in [0.1, 0.15) is 58.9 Å². The van der Waals surface area contributed by atoms with Crippen LogP contribution in [-0.2, 0) is 6.54 Å². The van der Waals surface area contributed by atoms with Gasteiger partial charge in [0, 0.05) is 30.4 Å². The molecule has 1 aliphatic rings. The van der Waals surface area contributed by atoms with Crippen LogP contribution in [-0.4, -0.2) is 18.1 Å². The van der Waals surface area contributed by atoms with Crippen molar-refractivity contribution in [3.63, 3.8) is 0 Å². The Morgan fingerprint density at radius 2 is 1.90 bits per heavy atom. The van der Waals surface area contributed by atoms with Gasteiger partial charge in [0.15, 0.2) is 0 Å². The Morgan fingerprint density at radius 1 is 1.20 bits per heavy atom. The molecule has 2 rings (SSSR count). The van der Waals surface area contributed by atoms with Crippen LogP contribution in [0.2, 0.25) is 0 Å². The van der Waals surface area contributed by atoms with Crippen molar-refractivity contribution in [1.82, 2.24) is 5.32 Å². The van der Waals surface area contributed by atoms with Gasteiger partial charge < -0.3 is 10.2 Å². The SMILES string of the molecule is CCCC(C)N1CC(CC)(CC)NCc2ccccc21. The first-order valence-electron chi connectivity index (χ1n) is 8.25. The van der Waals surface area contributed by atoms with E-state index in [2.05, 4.69) is 62.2 Å². The number of para-hydroxylation sites is 1. The zero-order valence-electron chi connectivity index (χ0n) is 13.6. The molecule has 1 N–H and O–H groups in total. The molecule has 0 aliphatic carbocycles. The third-order valence-electron chi connectivity index (χ3n) is 5.02. The fourth-order valence-electron chi connectivity index (χ4n) is 3.38.